The van der Waals surface area contributed by atoms with E-state index in [1.54, 1.807) is 0 Å². The maximum Gasteiger partial charge on any atom is 0.249 e. The highest BCUT2D eigenvalue weighted by molar-refractivity contribution is 9.10. The van der Waals surface area contributed by atoms with Crippen LogP contribution in [0.15, 0.2) is 21.1 Å². The second-order valence-corrected chi connectivity index (χ2v) is 5.40. The number of aromatic nitrogens is 2. The molecule has 2 aromatic rings. The molecule has 0 bridgehead atoms. The highest BCUT2D eigenvalue weighted by Crippen LogP contribution is 2.32. The predicted molar refractivity (Wildman–Crippen MR) is 68.7 cm³/mol. The molecule has 3 rings (SSSR count). The van der Waals surface area contributed by atoms with E-state index >= 15 is 0 Å². The SMILES string of the molecule is NC1(c2nc(-c3ccc(F)c(F)c3Br)no2)CCOC1. The van der Waals surface area contributed by atoms with E-state index in [2.05, 4.69) is 26.1 Å². The monoisotopic (exact) mass is 345 g/mol. The number of halogens is 3. The van der Waals surface area contributed by atoms with Crippen LogP contribution in [0.4, 0.5) is 8.78 Å². The largest absolute Gasteiger partial charge is 0.379 e. The van der Waals surface area contributed by atoms with Crippen molar-refractivity contribution in [1.82, 2.24) is 10.1 Å². The predicted octanol–water partition coefficient (Wildman–Crippen LogP) is 2.35. The Morgan fingerprint density at radius 2 is 2.15 bits per heavy atom. The van der Waals surface area contributed by atoms with Crippen LogP contribution in [0.2, 0.25) is 0 Å². The van der Waals surface area contributed by atoms with Crippen molar-refractivity contribution < 1.29 is 18.0 Å². The van der Waals surface area contributed by atoms with Crippen LogP contribution < -0.4 is 5.73 Å². The molecule has 20 heavy (non-hydrogen) atoms. The van der Waals surface area contributed by atoms with E-state index in [-0.39, 0.29) is 22.8 Å². The quantitative estimate of drug-likeness (QED) is 0.845. The maximum atomic E-state index is 13.5. The van der Waals surface area contributed by atoms with Gasteiger partial charge in [-0.25, -0.2) is 8.78 Å². The van der Waals surface area contributed by atoms with Crippen LogP contribution in [0.3, 0.4) is 0 Å². The molecule has 2 heterocycles. The third-order valence-electron chi connectivity index (χ3n) is 3.18. The molecule has 5 nitrogen and oxygen atoms in total. The fourth-order valence-corrected chi connectivity index (χ4v) is 2.48. The van der Waals surface area contributed by atoms with Gasteiger partial charge in [-0.3, -0.25) is 0 Å². The van der Waals surface area contributed by atoms with E-state index < -0.39 is 17.2 Å². The minimum Gasteiger partial charge on any atom is -0.379 e. The van der Waals surface area contributed by atoms with Gasteiger partial charge in [0.15, 0.2) is 11.6 Å². The number of ether oxygens (including phenoxy) is 1. The Kier molecular flexibility index (Phi) is 3.31. The number of rotatable bonds is 2. The molecular formula is C12H10BrF2N3O2. The van der Waals surface area contributed by atoms with Crippen molar-refractivity contribution in [3.63, 3.8) is 0 Å². The molecule has 0 spiro atoms. The standard InChI is InChI=1S/C12H10BrF2N3O2/c13-8-6(1-2-7(14)9(8)15)10-17-11(20-18-10)12(16)3-4-19-5-12/h1-2H,3-5,16H2. The van der Waals surface area contributed by atoms with Crippen LogP contribution >= 0.6 is 15.9 Å². The van der Waals surface area contributed by atoms with Crippen LogP contribution in [0.25, 0.3) is 11.4 Å². The van der Waals surface area contributed by atoms with Gasteiger partial charge < -0.3 is 15.0 Å². The summed E-state index contributed by atoms with van der Waals surface area (Å²) in [7, 11) is 0. The van der Waals surface area contributed by atoms with Gasteiger partial charge >= 0.3 is 0 Å². The molecule has 1 aromatic carbocycles. The molecule has 1 aliphatic rings. The summed E-state index contributed by atoms with van der Waals surface area (Å²) in [5.41, 5.74) is 5.57. The number of hydrogen-bond acceptors (Lipinski definition) is 5. The summed E-state index contributed by atoms with van der Waals surface area (Å²) in [5, 5.41) is 3.77. The summed E-state index contributed by atoms with van der Waals surface area (Å²) in [6.07, 6.45) is 0.563. The van der Waals surface area contributed by atoms with Gasteiger partial charge in [0.2, 0.25) is 11.7 Å². The first-order valence-corrected chi connectivity index (χ1v) is 6.65. The van der Waals surface area contributed by atoms with Gasteiger partial charge in [-0.2, -0.15) is 4.98 Å². The first-order valence-electron chi connectivity index (χ1n) is 5.86. The van der Waals surface area contributed by atoms with Crippen molar-refractivity contribution in [2.45, 2.75) is 12.0 Å². The van der Waals surface area contributed by atoms with E-state index in [0.717, 1.165) is 6.07 Å². The zero-order valence-corrected chi connectivity index (χ0v) is 11.8. The highest BCUT2D eigenvalue weighted by atomic mass is 79.9. The van der Waals surface area contributed by atoms with Gasteiger partial charge in [0.05, 0.1) is 11.1 Å². The molecule has 0 amide bonds. The first-order chi connectivity index (χ1) is 9.51. The molecule has 106 valence electrons. The molecule has 1 saturated heterocycles. The van der Waals surface area contributed by atoms with Gasteiger partial charge in [0, 0.05) is 12.2 Å². The van der Waals surface area contributed by atoms with Gasteiger partial charge in [0.1, 0.15) is 5.54 Å². The van der Waals surface area contributed by atoms with E-state index in [0.29, 0.717) is 18.6 Å². The molecular weight excluding hydrogens is 336 g/mol. The lowest BCUT2D eigenvalue weighted by Gasteiger charge is -2.15. The van der Waals surface area contributed by atoms with Crippen LogP contribution in [-0.4, -0.2) is 23.4 Å². The topological polar surface area (TPSA) is 74.2 Å². The number of hydrogen-bond donors (Lipinski definition) is 1. The Hall–Kier alpha value is -1.38. The number of nitrogens with zero attached hydrogens (tertiary/aromatic N) is 2. The summed E-state index contributed by atoms with van der Waals surface area (Å²) in [4.78, 5) is 4.16. The van der Waals surface area contributed by atoms with Crippen LogP contribution in [0, 0.1) is 11.6 Å². The maximum absolute atomic E-state index is 13.5. The van der Waals surface area contributed by atoms with E-state index in [1.807, 2.05) is 0 Å². The molecule has 1 atom stereocenters. The van der Waals surface area contributed by atoms with E-state index in [1.165, 1.54) is 6.07 Å². The highest BCUT2D eigenvalue weighted by Gasteiger charge is 2.38. The van der Waals surface area contributed by atoms with Crippen LogP contribution in [0.5, 0.6) is 0 Å². The molecule has 0 aliphatic carbocycles. The van der Waals surface area contributed by atoms with Gasteiger partial charge in [-0.05, 0) is 34.5 Å². The van der Waals surface area contributed by atoms with E-state index in [4.69, 9.17) is 15.0 Å². The fraction of sp³-hybridized carbons (Fsp3) is 0.333. The fourth-order valence-electron chi connectivity index (χ4n) is 1.98. The lowest BCUT2D eigenvalue weighted by atomic mass is 10.0. The molecule has 8 heteroatoms. The van der Waals surface area contributed by atoms with Crippen molar-refractivity contribution in [2.75, 3.05) is 13.2 Å². The Balaban J connectivity index is 2.00. The third-order valence-corrected chi connectivity index (χ3v) is 3.96. The smallest absolute Gasteiger partial charge is 0.249 e. The molecule has 1 unspecified atom stereocenters. The molecule has 1 fully saturated rings. The van der Waals surface area contributed by atoms with Crippen molar-refractivity contribution in [2.24, 2.45) is 5.73 Å². The molecule has 1 aliphatic heterocycles. The number of benzene rings is 1. The van der Waals surface area contributed by atoms with Crippen molar-refractivity contribution in [3.8, 4) is 11.4 Å². The summed E-state index contributed by atoms with van der Waals surface area (Å²) in [6.45, 7) is 0.802. The average molecular weight is 346 g/mol. The summed E-state index contributed by atoms with van der Waals surface area (Å²) < 4.78 is 36.9. The summed E-state index contributed by atoms with van der Waals surface area (Å²) >= 11 is 2.98. The van der Waals surface area contributed by atoms with Gasteiger partial charge in [-0.1, -0.05) is 5.16 Å². The lowest BCUT2D eigenvalue weighted by molar-refractivity contribution is 0.166. The third kappa shape index (κ3) is 2.13. The minimum atomic E-state index is -1.000. The second-order valence-electron chi connectivity index (χ2n) is 4.60. The van der Waals surface area contributed by atoms with Crippen LogP contribution in [-0.2, 0) is 10.3 Å². The van der Waals surface area contributed by atoms with E-state index in [9.17, 15) is 8.78 Å². The zero-order valence-electron chi connectivity index (χ0n) is 10.2. The second kappa shape index (κ2) is 4.87. The zero-order chi connectivity index (χ0) is 14.3. The van der Waals surface area contributed by atoms with Crippen molar-refractivity contribution in [3.05, 3.63) is 34.1 Å². The van der Waals surface area contributed by atoms with Crippen LogP contribution in [0.1, 0.15) is 12.3 Å². The Morgan fingerprint density at radius 1 is 1.35 bits per heavy atom. The number of nitrogens with two attached hydrogens (primary N) is 1. The van der Waals surface area contributed by atoms with Gasteiger partial charge in [-0.15, -0.1) is 0 Å². The molecule has 0 radical (unpaired) electrons. The van der Waals surface area contributed by atoms with Gasteiger partial charge in [0.25, 0.3) is 0 Å². The molecule has 2 N–H and O–H groups in total. The normalized spacial score (nSPS) is 22.4. The van der Waals surface area contributed by atoms with Crippen molar-refractivity contribution >= 4 is 15.9 Å². The summed E-state index contributed by atoms with van der Waals surface area (Å²) in [5.74, 6) is -1.59. The molecule has 0 saturated carbocycles. The Bertz CT molecular complexity index is 656. The molecule has 1 aromatic heterocycles. The first kappa shape index (κ1) is 13.6. The minimum absolute atomic E-state index is 0.0569. The Labute approximate surface area is 121 Å². The Morgan fingerprint density at radius 3 is 2.85 bits per heavy atom. The average Bonchev–Trinajstić information content (AvgIpc) is 3.06. The van der Waals surface area contributed by atoms with Crippen molar-refractivity contribution in [1.29, 1.82) is 0 Å². The lowest BCUT2D eigenvalue weighted by Crippen LogP contribution is -2.37. The summed E-state index contributed by atoms with van der Waals surface area (Å²) in [6, 6.07) is 2.37.